The maximum absolute atomic E-state index is 10.7. The summed E-state index contributed by atoms with van der Waals surface area (Å²) in [6.45, 7) is 3.98. The standard InChI is InChI=1S/C12H15NO/c1-10(2)12(9-14)13-8-11-6-4-3-5-7-11/h3-10,12H,1-2H3. The first-order chi connectivity index (χ1) is 6.74. The van der Waals surface area contributed by atoms with Crippen LogP contribution in [0.1, 0.15) is 19.4 Å². The van der Waals surface area contributed by atoms with Gasteiger partial charge in [0, 0.05) is 6.21 Å². The highest BCUT2D eigenvalue weighted by atomic mass is 16.1. The van der Waals surface area contributed by atoms with Crippen LogP contribution in [-0.2, 0) is 4.79 Å². The quantitative estimate of drug-likeness (QED) is 0.528. The minimum Gasteiger partial charge on any atom is -0.301 e. The summed E-state index contributed by atoms with van der Waals surface area (Å²) >= 11 is 0. The highest BCUT2D eigenvalue weighted by Gasteiger charge is 2.08. The number of aliphatic imine (C=N–C) groups is 1. The summed E-state index contributed by atoms with van der Waals surface area (Å²) in [5.41, 5.74) is 1.03. The maximum atomic E-state index is 10.7. The van der Waals surface area contributed by atoms with Crippen LogP contribution in [0, 0.1) is 5.92 Å². The molecule has 14 heavy (non-hydrogen) atoms. The minimum absolute atomic E-state index is 0.227. The van der Waals surface area contributed by atoms with Gasteiger partial charge < -0.3 is 4.79 Å². The van der Waals surface area contributed by atoms with E-state index in [4.69, 9.17) is 0 Å². The third-order valence-electron chi connectivity index (χ3n) is 2.02. The predicted octanol–water partition coefficient (Wildman–Crippen LogP) is 2.33. The summed E-state index contributed by atoms with van der Waals surface area (Å²) in [5.74, 6) is 0.257. The SMILES string of the molecule is CC(C)C(C=O)N=Cc1ccccc1. The van der Waals surface area contributed by atoms with Gasteiger partial charge in [-0.15, -0.1) is 0 Å². The summed E-state index contributed by atoms with van der Waals surface area (Å²) < 4.78 is 0. The second-order valence-corrected chi connectivity index (χ2v) is 3.56. The van der Waals surface area contributed by atoms with E-state index in [1.165, 1.54) is 0 Å². The smallest absolute Gasteiger partial charge is 0.144 e. The molecule has 1 unspecified atom stereocenters. The fourth-order valence-electron chi connectivity index (χ4n) is 1.08. The van der Waals surface area contributed by atoms with Crippen molar-refractivity contribution in [1.82, 2.24) is 0 Å². The lowest BCUT2D eigenvalue weighted by molar-refractivity contribution is -0.109. The molecule has 0 saturated carbocycles. The van der Waals surface area contributed by atoms with Crippen molar-refractivity contribution in [3.63, 3.8) is 0 Å². The van der Waals surface area contributed by atoms with E-state index in [2.05, 4.69) is 4.99 Å². The van der Waals surface area contributed by atoms with Gasteiger partial charge in [-0.1, -0.05) is 44.2 Å². The largest absolute Gasteiger partial charge is 0.301 e. The highest BCUT2D eigenvalue weighted by molar-refractivity contribution is 5.81. The predicted molar refractivity (Wildman–Crippen MR) is 58.7 cm³/mol. The van der Waals surface area contributed by atoms with E-state index in [9.17, 15) is 4.79 Å². The average Bonchev–Trinajstić information content (AvgIpc) is 2.20. The Morgan fingerprint density at radius 2 is 1.86 bits per heavy atom. The van der Waals surface area contributed by atoms with Crippen molar-refractivity contribution in [2.75, 3.05) is 0 Å². The number of aldehydes is 1. The van der Waals surface area contributed by atoms with E-state index in [1.54, 1.807) is 6.21 Å². The first kappa shape index (κ1) is 10.6. The van der Waals surface area contributed by atoms with Gasteiger partial charge in [-0.2, -0.15) is 0 Å². The number of benzene rings is 1. The van der Waals surface area contributed by atoms with Crippen molar-refractivity contribution < 1.29 is 4.79 Å². The summed E-state index contributed by atoms with van der Waals surface area (Å²) in [7, 11) is 0. The number of carbonyl (C=O) groups excluding carboxylic acids is 1. The van der Waals surface area contributed by atoms with Crippen LogP contribution < -0.4 is 0 Å². The Hall–Kier alpha value is -1.44. The molecule has 0 aliphatic heterocycles. The van der Waals surface area contributed by atoms with Crippen LogP contribution in [0.2, 0.25) is 0 Å². The molecule has 1 aromatic rings. The Balaban J connectivity index is 2.67. The molecule has 1 aromatic carbocycles. The lowest BCUT2D eigenvalue weighted by Gasteiger charge is -2.07. The molecule has 74 valence electrons. The number of hydrogen-bond acceptors (Lipinski definition) is 2. The fourth-order valence-corrected chi connectivity index (χ4v) is 1.08. The van der Waals surface area contributed by atoms with Crippen LogP contribution in [0.3, 0.4) is 0 Å². The van der Waals surface area contributed by atoms with Crippen LogP contribution in [0.5, 0.6) is 0 Å². The van der Waals surface area contributed by atoms with Crippen molar-refractivity contribution in [3.8, 4) is 0 Å². The molecule has 0 aromatic heterocycles. The molecule has 0 N–H and O–H groups in total. The van der Waals surface area contributed by atoms with Crippen LogP contribution in [0.25, 0.3) is 0 Å². The molecule has 0 heterocycles. The zero-order valence-corrected chi connectivity index (χ0v) is 8.55. The van der Waals surface area contributed by atoms with Gasteiger partial charge in [-0.05, 0) is 11.5 Å². The van der Waals surface area contributed by atoms with Crippen molar-refractivity contribution in [2.45, 2.75) is 19.9 Å². The van der Waals surface area contributed by atoms with Crippen LogP contribution in [0.4, 0.5) is 0 Å². The lowest BCUT2D eigenvalue weighted by Crippen LogP contribution is -2.14. The Kier molecular flexibility index (Phi) is 4.05. The van der Waals surface area contributed by atoms with Crippen LogP contribution in [0.15, 0.2) is 35.3 Å². The number of hydrogen-bond donors (Lipinski definition) is 0. The summed E-state index contributed by atoms with van der Waals surface area (Å²) in [6, 6.07) is 9.56. The zero-order chi connectivity index (χ0) is 10.4. The molecule has 2 heteroatoms. The molecule has 0 aliphatic carbocycles. The van der Waals surface area contributed by atoms with E-state index in [-0.39, 0.29) is 12.0 Å². The Morgan fingerprint density at radius 1 is 1.21 bits per heavy atom. The van der Waals surface area contributed by atoms with Crippen LogP contribution in [-0.4, -0.2) is 18.5 Å². The minimum atomic E-state index is -0.227. The number of carbonyl (C=O) groups is 1. The van der Waals surface area contributed by atoms with E-state index >= 15 is 0 Å². The fraction of sp³-hybridized carbons (Fsp3) is 0.333. The monoisotopic (exact) mass is 189 g/mol. The molecule has 0 amide bonds. The van der Waals surface area contributed by atoms with Gasteiger partial charge in [-0.3, -0.25) is 4.99 Å². The molecular formula is C12H15NO. The summed E-state index contributed by atoms with van der Waals surface area (Å²) in [6.07, 6.45) is 2.64. The molecule has 0 bridgehead atoms. The summed E-state index contributed by atoms with van der Waals surface area (Å²) in [4.78, 5) is 14.9. The zero-order valence-electron chi connectivity index (χ0n) is 8.55. The lowest BCUT2D eigenvalue weighted by atomic mass is 10.1. The normalized spacial score (nSPS) is 13.4. The second kappa shape index (κ2) is 5.32. The van der Waals surface area contributed by atoms with E-state index in [1.807, 2.05) is 44.2 Å². The molecule has 0 spiro atoms. The van der Waals surface area contributed by atoms with Crippen LogP contribution >= 0.6 is 0 Å². The third-order valence-corrected chi connectivity index (χ3v) is 2.02. The van der Waals surface area contributed by atoms with Gasteiger partial charge in [0.1, 0.15) is 12.3 Å². The number of rotatable bonds is 4. The first-order valence-electron chi connectivity index (χ1n) is 4.77. The Labute approximate surface area is 84.7 Å². The van der Waals surface area contributed by atoms with E-state index in [0.717, 1.165) is 11.8 Å². The van der Waals surface area contributed by atoms with Gasteiger partial charge in [-0.25, -0.2) is 0 Å². The average molecular weight is 189 g/mol. The van der Waals surface area contributed by atoms with Crippen molar-refractivity contribution in [3.05, 3.63) is 35.9 Å². The van der Waals surface area contributed by atoms with Gasteiger partial charge in [0.15, 0.2) is 0 Å². The van der Waals surface area contributed by atoms with Gasteiger partial charge in [0.25, 0.3) is 0 Å². The molecule has 0 fully saturated rings. The van der Waals surface area contributed by atoms with Crippen molar-refractivity contribution in [1.29, 1.82) is 0 Å². The molecule has 1 rings (SSSR count). The van der Waals surface area contributed by atoms with Gasteiger partial charge in [0.05, 0.1) is 0 Å². The molecule has 0 aliphatic rings. The van der Waals surface area contributed by atoms with E-state index in [0.29, 0.717) is 0 Å². The topological polar surface area (TPSA) is 29.4 Å². The maximum Gasteiger partial charge on any atom is 0.144 e. The van der Waals surface area contributed by atoms with Gasteiger partial charge in [0.2, 0.25) is 0 Å². The second-order valence-electron chi connectivity index (χ2n) is 3.56. The Morgan fingerprint density at radius 3 is 2.36 bits per heavy atom. The summed E-state index contributed by atoms with van der Waals surface area (Å²) in [5, 5.41) is 0. The Bertz CT molecular complexity index is 303. The van der Waals surface area contributed by atoms with Crippen molar-refractivity contribution >= 4 is 12.5 Å². The first-order valence-corrected chi connectivity index (χ1v) is 4.77. The van der Waals surface area contributed by atoms with Gasteiger partial charge >= 0.3 is 0 Å². The molecule has 0 saturated heterocycles. The number of nitrogens with zero attached hydrogens (tertiary/aromatic N) is 1. The highest BCUT2D eigenvalue weighted by Crippen LogP contribution is 2.03. The van der Waals surface area contributed by atoms with Crippen molar-refractivity contribution in [2.24, 2.45) is 10.9 Å². The third kappa shape index (κ3) is 3.13. The molecule has 1 atom stereocenters. The molecule has 2 nitrogen and oxygen atoms in total. The van der Waals surface area contributed by atoms with E-state index < -0.39 is 0 Å². The molecular weight excluding hydrogens is 174 g/mol. The molecule has 0 radical (unpaired) electrons.